The first-order valence-electron chi connectivity index (χ1n) is 8.53. The normalized spacial score (nSPS) is 17.0. The Balaban J connectivity index is 2.04. The molecule has 1 saturated carbocycles. The summed E-state index contributed by atoms with van der Waals surface area (Å²) >= 11 is 0. The van der Waals surface area contributed by atoms with Gasteiger partial charge in [-0.1, -0.05) is 49.6 Å². The number of rotatable bonds is 8. The summed E-state index contributed by atoms with van der Waals surface area (Å²) in [5.74, 6) is 0. The smallest absolute Gasteiger partial charge is 0.282 e. The maximum Gasteiger partial charge on any atom is 0.282 e. The van der Waals surface area contributed by atoms with E-state index in [1.807, 2.05) is 30.3 Å². The van der Waals surface area contributed by atoms with Crippen LogP contribution in [0.4, 0.5) is 0 Å². The molecular formula is C17H29N3O2S. The first-order valence-corrected chi connectivity index (χ1v) is 9.92. The van der Waals surface area contributed by atoms with E-state index in [1.54, 1.807) is 11.4 Å². The first-order chi connectivity index (χ1) is 11.1. The lowest BCUT2D eigenvalue weighted by molar-refractivity contribution is 0.263. The number of hydrogen-bond acceptors (Lipinski definition) is 3. The van der Waals surface area contributed by atoms with Crippen LogP contribution in [0.1, 0.15) is 37.7 Å². The van der Waals surface area contributed by atoms with E-state index in [0.717, 1.165) is 31.2 Å². The van der Waals surface area contributed by atoms with Gasteiger partial charge in [0.25, 0.3) is 10.2 Å². The summed E-state index contributed by atoms with van der Waals surface area (Å²) in [7, 11) is -1.73. The molecule has 1 fully saturated rings. The minimum absolute atomic E-state index is 0.130. The van der Waals surface area contributed by atoms with Crippen LogP contribution in [0.25, 0.3) is 0 Å². The maximum atomic E-state index is 12.9. The molecule has 1 aliphatic rings. The molecule has 130 valence electrons. The van der Waals surface area contributed by atoms with Crippen molar-refractivity contribution in [2.75, 3.05) is 26.7 Å². The van der Waals surface area contributed by atoms with Crippen LogP contribution in [0.15, 0.2) is 30.3 Å². The van der Waals surface area contributed by atoms with Gasteiger partial charge in [-0.15, -0.1) is 0 Å². The van der Waals surface area contributed by atoms with Crippen LogP contribution in [-0.4, -0.2) is 49.8 Å². The van der Waals surface area contributed by atoms with Gasteiger partial charge in [-0.3, -0.25) is 0 Å². The topological polar surface area (TPSA) is 66.6 Å². The van der Waals surface area contributed by atoms with E-state index < -0.39 is 10.2 Å². The van der Waals surface area contributed by atoms with E-state index >= 15 is 0 Å². The average Bonchev–Trinajstić information content (AvgIpc) is 2.59. The largest absolute Gasteiger partial charge is 0.329 e. The van der Waals surface area contributed by atoms with Crippen molar-refractivity contribution in [1.29, 1.82) is 0 Å². The molecule has 0 spiro atoms. The summed E-state index contributed by atoms with van der Waals surface area (Å²) in [4.78, 5) is 0. The molecule has 0 aliphatic heterocycles. The summed E-state index contributed by atoms with van der Waals surface area (Å²) in [6, 6.07) is 10.1. The predicted octanol–water partition coefficient (Wildman–Crippen LogP) is 2.00. The van der Waals surface area contributed by atoms with Crippen molar-refractivity contribution in [2.45, 2.75) is 44.6 Å². The fourth-order valence-corrected chi connectivity index (χ4v) is 4.81. The van der Waals surface area contributed by atoms with E-state index in [0.29, 0.717) is 26.1 Å². The van der Waals surface area contributed by atoms with Crippen LogP contribution in [0.2, 0.25) is 0 Å². The molecule has 1 aromatic rings. The second-order valence-electron chi connectivity index (χ2n) is 6.24. The van der Waals surface area contributed by atoms with Gasteiger partial charge >= 0.3 is 0 Å². The van der Waals surface area contributed by atoms with Crippen LogP contribution >= 0.6 is 0 Å². The van der Waals surface area contributed by atoms with Gasteiger partial charge in [0.1, 0.15) is 0 Å². The average molecular weight is 340 g/mol. The minimum atomic E-state index is -3.45. The van der Waals surface area contributed by atoms with E-state index in [1.165, 1.54) is 10.7 Å². The Kier molecular flexibility index (Phi) is 7.02. The molecule has 0 heterocycles. The number of nitrogens with zero attached hydrogens (tertiary/aromatic N) is 2. The molecule has 6 heteroatoms. The third kappa shape index (κ3) is 5.01. The Bertz CT molecular complexity index is 556. The van der Waals surface area contributed by atoms with Gasteiger partial charge in [0.2, 0.25) is 0 Å². The molecule has 0 saturated heterocycles. The molecule has 1 aromatic carbocycles. The van der Waals surface area contributed by atoms with Crippen LogP contribution in [0.3, 0.4) is 0 Å². The molecule has 2 rings (SSSR count). The molecule has 23 heavy (non-hydrogen) atoms. The Morgan fingerprint density at radius 3 is 2.35 bits per heavy atom. The summed E-state index contributed by atoms with van der Waals surface area (Å²) < 4.78 is 29.0. The van der Waals surface area contributed by atoms with Gasteiger partial charge in [-0.05, 0) is 24.8 Å². The molecule has 0 aromatic heterocycles. The van der Waals surface area contributed by atoms with Crippen molar-refractivity contribution in [3.05, 3.63) is 35.9 Å². The lowest BCUT2D eigenvalue weighted by atomic mass is 9.96. The highest BCUT2D eigenvalue weighted by atomic mass is 32.2. The van der Waals surface area contributed by atoms with Crippen molar-refractivity contribution in [3.8, 4) is 0 Å². The van der Waals surface area contributed by atoms with Crippen molar-refractivity contribution in [3.63, 3.8) is 0 Å². The first kappa shape index (κ1) is 18.4. The van der Waals surface area contributed by atoms with Crippen LogP contribution < -0.4 is 5.73 Å². The highest BCUT2D eigenvalue weighted by molar-refractivity contribution is 7.86. The summed E-state index contributed by atoms with van der Waals surface area (Å²) in [6.45, 7) is 1.18. The zero-order chi connectivity index (χ0) is 16.7. The molecule has 5 nitrogen and oxygen atoms in total. The molecule has 0 unspecified atom stereocenters. The van der Waals surface area contributed by atoms with E-state index in [4.69, 9.17) is 5.73 Å². The summed E-state index contributed by atoms with van der Waals surface area (Å²) in [5.41, 5.74) is 6.79. The zero-order valence-corrected chi connectivity index (χ0v) is 14.8. The Morgan fingerprint density at radius 1 is 1.09 bits per heavy atom. The molecule has 0 radical (unpaired) electrons. The highest BCUT2D eigenvalue weighted by Gasteiger charge is 2.32. The van der Waals surface area contributed by atoms with Crippen molar-refractivity contribution in [2.24, 2.45) is 5.73 Å². The predicted molar refractivity (Wildman–Crippen MR) is 94.3 cm³/mol. The Hall–Kier alpha value is -0.950. The van der Waals surface area contributed by atoms with Gasteiger partial charge in [0, 0.05) is 32.7 Å². The van der Waals surface area contributed by atoms with E-state index in [2.05, 4.69) is 0 Å². The van der Waals surface area contributed by atoms with Gasteiger partial charge in [0.15, 0.2) is 0 Å². The molecule has 0 amide bonds. The maximum absolute atomic E-state index is 12.9. The zero-order valence-electron chi connectivity index (χ0n) is 14.0. The SMILES string of the molecule is CN(C1CCCCC1)S(=O)(=O)N(CCN)CCc1ccccc1. The number of nitrogens with two attached hydrogens (primary N) is 1. The highest BCUT2D eigenvalue weighted by Crippen LogP contribution is 2.24. The lowest BCUT2D eigenvalue weighted by Crippen LogP contribution is -2.49. The van der Waals surface area contributed by atoms with Crippen molar-refractivity contribution >= 4 is 10.2 Å². The minimum Gasteiger partial charge on any atom is -0.329 e. The van der Waals surface area contributed by atoms with Crippen LogP contribution in [-0.2, 0) is 16.6 Å². The van der Waals surface area contributed by atoms with E-state index in [-0.39, 0.29) is 6.04 Å². The monoisotopic (exact) mass is 339 g/mol. The fraction of sp³-hybridized carbons (Fsp3) is 0.647. The van der Waals surface area contributed by atoms with Crippen LogP contribution in [0.5, 0.6) is 0 Å². The third-order valence-electron chi connectivity index (χ3n) is 4.65. The second-order valence-corrected chi connectivity index (χ2v) is 8.23. The third-order valence-corrected chi connectivity index (χ3v) is 6.69. The lowest BCUT2D eigenvalue weighted by Gasteiger charge is -2.34. The fourth-order valence-electron chi connectivity index (χ4n) is 3.20. The van der Waals surface area contributed by atoms with E-state index in [9.17, 15) is 8.42 Å². The molecule has 2 N–H and O–H groups in total. The van der Waals surface area contributed by atoms with Gasteiger partial charge in [0.05, 0.1) is 0 Å². The Morgan fingerprint density at radius 2 is 1.74 bits per heavy atom. The van der Waals surface area contributed by atoms with Gasteiger partial charge in [-0.25, -0.2) is 0 Å². The van der Waals surface area contributed by atoms with Crippen molar-refractivity contribution < 1.29 is 8.42 Å². The molecule has 0 bridgehead atoms. The number of benzene rings is 1. The molecular weight excluding hydrogens is 310 g/mol. The second kappa shape index (κ2) is 8.78. The summed E-state index contributed by atoms with van der Waals surface area (Å²) in [5, 5.41) is 0. The number of hydrogen-bond donors (Lipinski definition) is 1. The molecule has 0 atom stereocenters. The molecule has 1 aliphatic carbocycles. The Labute approximate surface area is 140 Å². The summed E-state index contributed by atoms with van der Waals surface area (Å²) in [6.07, 6.45) is 6.08. The standard InChI is InChI=1S/C17H29N3O2S/c1-19(17-10-6-3-7-11-17)23(21,22)20(15-13-18)14-12-16-8-4-2-5-9-16/h2,4-5,8-9,17H,3,6-7,10-15,18H2,1H3. The van der Waals surface area contributed by atoms with Gasteiger partial charge < -0.3 is 5.73 Å². The van der Waals surface area contributed by atoms with Gasteiger partial charge in [-0.2, -0.15) is 17.0 Å². The van der Waals surface area contributed by atoms with Crippen LogP contribution in [0, 0.1) is 0 Å². The van der Waals surface area contributed by atoms with Crippen molar-refractivity contribution in [1.82, 2.24) is 8.61 Å². The quantitative estimate of drug-likeness (QED) is 0.788.